The van der Waals surface area contributed by atoms with Gasteiger partial charge in [0.15, 0.2) is 0 Å². The van der Waals surface area contributed by atoms with Crippen LogP contribution < -0.4 is 5.73 Å². The minimum Gasteiger partial charge on any atom is -0.297 e. The molecule has 0 aromatic rings. The van der Waals surface area contributed by atoms with Crippen LogP contribution in [0.15, 0.2) is 0 Å². The second kappa shape index (κ2) is 2.50. The van der Waals surface area contributed by atoms with Gasteiger partial charge in [0.1, 0.15) is 0 Å². The number of rotatable bonds is 0. The van der Waals surface area contributed by atoms with Crippen molar-refractivity contribution in [3.8, 4) is 0 Å². The van der Waals surface area contributed by atoms with Gasteiger partial charge in [-0.3, -0.25) is 5.73 Å². The molecule has 0 rings (SSSR count). The Balaban J connectivity index is 3.60. The number of nitrogens with two attached hydrogens (primary N) is 1. The van der Waals surface area contributed by atoms with Crippen LogP contribution in [0.4, 0.5) is 0 Å². The average Bonchev–Trinajstić information content (AvgIpc) is 1.38. The molecule has 0 aliphatic heterocycles. The van der Waals surface area contributed by atoms with Gasteiger partial charge in [0.2, 0.25) is 0 Å². The van der Waals surface area contributed by atoms with Crippen LogP contribution in [0.1, 0.15) is 6.92 Å². The molecule has 0 bridgehead atoms. The van der Waals surface area contributed by atoms with Gasteiger partial charge in [-0.1, -0.05) is 9.91 Å². The molecule has 0 unspecified atom stereocenters. The van der Waals surface area contributed by atoms with Crippen LogP contribution >= 0.6 is 0 Å². The summed E-state index contributed by atoms with van der Waals surface area (Å²) in [5.41, 5.74) is 5.07. The molecule has 0 radical (unpaired) electrons. The van der Waals surface area contributed by atoms with E-state index in [1.807, 2.05) is 0 Å². The van der Waals surface area contributed by atoms with Crippen molar-refractivity contribution in [2.45, 2.75) is 6.92 Å². The van der Waals surface area contributed by atoms with Crippen molar-refractivity contribution in [2.75, 3.05) is 0 Å². The fraction of sp³-hybridized carbons (Fsp3) is 0.500. The van der Waals surface area contributed by atoms with Crippen LogP contribution in [0.25, 0.3) is 0 Å². The fourth-order valence-electron chi connectivity index (χ4n) is 0. The van der Waals surface area contributed by atoms with Gasteiger partial charge >= 0.3 is 0 Å². The number of hydrogen-bond acceptors (Lipinski definition) is 1. The molecule has 3 heteroatoms. The minimum atomic E-state index is 0.736. The molecular formula is C2H5NS2. The summed E-state index contributed by atoms with van der Waals surface area (Å²) in [4.78, 5) is 0.736. The molecule has 0 amide bonds. The van der Waals surface area contributed by atoms with Gasteiger partial charge in [-0.05, 0) is 18.1 Å². The zero-order valence-corrected chi connectivity index (χ0v) is 4.53. The van der Waals surface area contributed by atoms with Crippen molar-refractivity contribution >= 4 is 26.1 Å². The summed E-state index contributed by atoms with van der Waals surface area (Å²) in [6, 6.07) is 0. The van der Waals surface area contributed by atoms with E-state index in [2.05, 4.69) is 11.2 Å². The van der Waals surface area contributed by atoms with Crippen LogP contribution in [-0.2, 0) is 21.1 Å². The van der Waals surface area contributed by atoms with E-state index < -0.39 is 0 Å². The lowest BCUT2D eigenvalue weighted by molar-refractivity contribution is 1.73. The van der Waals surface area contributed by atoms with E-state index in [0.717, 1.165) is 14.9 Å². The van der Waals surface area contributed by atoms with Crippen molar-refractivity contribution in [3.63, 3.8) is 0 Å². The predicted molar refractivity (Wildman–Crippen MR) is 29.6 cm³/mol. The first-order valence-corrected chi connectivity index (χ1v) is 2.90. The third-order valence-corrected chi connectivity index (χ3v) is 1.18. The summed E-state index contributed by atoms with van der Waals surface area (Å²) >= 11 is 4.43. The Kier molecular flexibility index (Phi) is 2.64. The van der Waals surface area contributed by atoms with E-state index in [1.165, 1.54) is 0 Å². The molecule has 1 nitrogen and oxygen atoms in total. The molecule has 0 aromatic carbocycles. The maximum atomic E-state index is 5.07. The lowest BCUT2D eigenvalue weighted by atomic mass is 10.8. The largest absolute Gasteiger partial charge is 0.297 e. The average molecular weight is 107 g/mol. The standard InChI is InChI=1S/C2H5NS2/c1-2(3)5-4/h3H2,1H3. The van der Waals surface area contributed by atoms with Crippen molar-refractivity contribution in [1.29, 1.82) is 0 Å². The third-order valence-electron chi connectivity index (χ3n) is 0.131. The van der Waals surface area contributed by atoms with Crippen LogP contribution in [0.5, 0.6) is 0 Å². The van der Waals surface area contributed by atoms with Crippen molar-refractivity contribution in [3.05, 3.63) is 0 Å². The maximum Gasteiger partial charge on any atom is 0.0507 e. The minimum absolute atomic E-state index is 0.736. The molecule has 0 spiro atoms. The van der Waals surface area contributed by atoms with Crippen LogP contribution in [0.2, 0.25) is 0 Å². The van der Waals surface area contributed by atoms with Gasteiger partial charge < -0.3 is 0 Å². The number of hydrogen-bond donors (Lipinski definition) is 1. The van der Waals surface area contributed by atoms with Gasteiger partial charge in [0.25, 0.3) is 0 Å². The van der Waals surface area contributed by atoms with Crippen molar-refractivity contribution in [1.82, 2.24) is 0 Å². The maximum absolute atomic E-state index is 5.07. The summed E-state index contributed by atoms with van der Waals surface area (Å²) in [6.45, 7) is 1.78. The molecule has 0 aromatic heterocycles. The Bertz CT molecular complexity index is 67.7. The highest BCUT2D eigenvalue weighted by molar-refractivity contribution is 8.17. The molecule has 2 N–H and O–H groups in total. The Morgan fingerprint density at radius 3 is 2.20 bits per heavy atom. The highest BCUT2D eigenvalue weighted by Gasteiger charge is 1.58. The monoisotopic (exact) mass is 107 g/mol. The Labute approximate surface area is 39.4 Å². The molecule has 0 saturated carbocycles. The summed E-state index contributed by atoms with van der Waals surface area (Å²) in [7, 11) is 1.16. The van der Waals surface area contributed by atoms with E-state index in [1.54, 1.807) is 6.92 Å². The first-order chi connectivity index (χ1) is 2.27. The summed E-state index contributed by atoms with van der Waals surface area (Å²) in [5.74, 6) is 0. The molecule has 0 heterocycles. The second-order valence-electron chi connectivity index (χ2n) is 0.694. The van der Waals surface area contributed by atoms with Crippen LogP contribution in [0.3, 0.4) is 0 Å². The predicted octanol–water partition coefficient (Wildman–Crippen LogP) is -0.361. The molecule has 0 atom stereocenters. The molecule has 0 aliphatic rings. The van der Waals surface area contributed by atoms with Gasteiger partial charge in [0.05, 0.1) is 4.99 Å². The Morgan fingerprint density at radius 2 is 2.20 bits per heavy atom. The van der Waals surface area contributed by atoms with Crippen molar-refractivity contribution in [2.24, 2.45) is 5.73 Å². The molecule has 0 aliphatic carbocycles. The Morgan fingerprint density at radius 1 is 2.00 bits per heavy atom. The van der Waals surface area contributed by atoms with Crippen LogP contribution in [0, 0.1) is 0 Å². The van der Waals surface area contributed by atoms with E-state index in [9.17, 15) is 0 Å². The van der Waals surface area contributed by atoms with E-state index >= 15 is 0 Å². The molecule has 5 heavy (non-hydrogen) atoms. The summed E-state index contributed by atoms with van der Waals surface area (Å²) in [6.07, 6.45) is 0. The van der Waals surface area contributed by atoms with E-state index in [0.29, 0.717) is 0 Å². The first kappa shape index (κ1) is 5.27. The van der Waals surface area contributed by atoms with Gasteiger partial charge in [0, 0.05) is 0 Å². The van der Waals surface area contributed by atoms with Gasteiger partial charge in [-0.2, -0.15) is 0 Å². The lowest BCUT2D eigenvalue weighted by Crippen LogP contribution is -2.02. The zero-order valence-electron chi connectivity index (χ0n) is 2.89. The lowest BCUT2D eigenvalue weighted by Gasteiger charge is -1.67. The molecule has 0 fully saturated rings. The van der Waals surface area contributed by atoms with Gasteiger partial charge in [-0.25, -0.2) is 0 Å². The molecule has 30 valence electrons. The van der Waals surface area contributed by atoms with Gasteiger partial charge in [-0.15, -0.1) is 0 Å². The first-order valence-electron chi connectivity index (χ1n) is 1.16. The topological polar surface area (TPSA) is 26.0 Å². The highest BCUT2D eigenvalue weighted by atomic mass is 32.8. The SMILES string of the molecule is CC(N)=S=S. The highest BCUT2D eigenvalue weighted by Crippen LogP contribution is 1.41. The molecular weight excluding hydrogens is 102 g/mol. The Hall–Kier alpha value is 0.270. The smallest absolute Gasteiger partial charge is 0.0507 e. The quantitative estimate of drug-likeness (QED) is 0.428. The fourth-order valence-corrected chi connectivity index (χ4v) is 0. The van der Waals surface area contributed by atoms with E-state index in [4.69, 9.17) is 5.73 Å². The molecule has 0 saturated heterocycles. The third kappa shape index (κ3) is 4.27. The van der Waals surface area contributed by atoms with Crippen molar-refractivity contribution < 1.29 is 0 Å². The van der Waals surface area contributed by atoms with Crippen LogP contribution in [-0.4, -0.2) is 4.99 Å². The zero-order chi connectivity index (χ0) is 4.28. The summed E-state index contributed by atoms with van der Waals surface area (Å²) < 4.78 is 0. The summed E-state index contributed by atoms with van der Waals surface area (Å²) in [5, 5.41) is 0. The van der Waals surface area contributed by atoms with E-state index in [-0.39, 0.29) is 0 Å². The normalized spacial score (nSPS) is 6.80. The second-order valence-corrected chi connectivity index (χ2v) is 2.00.